The van der Waals surface area contributed by atoms with Crippen LogP contribution in [0.4, 0.5) is 21.8 Å². The zero-order valence-corrected chi connectivity index (χ0v) is 14.7. The molecule has 0 aliphatic carbocycles. The van der Waals surface area contributed by atoms with Gasteiger partial charge in [-0.1, -0.05) is 30.3 Å². The molecule has 2 aromatic carbocycles. The Bertz CT molecular complexity index is 886. The van der Waals surface area contributed by atoms with Crippen molar-refractivity contribution in [3.63, 3.8) is 0 Å². The summed E-state index contributed by atoms with van der Waals surface area (Å²) in [6.07, 6.45) is 0. The fourth-order valence-electron chi connectivity index (χ4n) is 2.47. The van der Waals surface area contributed by atoms with Crippen molar-refractivity contribution in [2.45, 2.75) is 19.9 Å². The summed E-state index contributed by atoms with van der Waals surface area (Å²) in [5.74, 6) is 0.745. The molecule has 0 saturated heterocycles. The van der Waals surface area contributed by atoms with Crippen LogP contribution in [0.15, 0.2) is 54.6 Å². The van der Waals surface area contributed by atoms with E-state index in [0.29, 0.717) is 17.3 Å². The number of benzene rings is 2. The zero-order valence-electron chi connectivity index (χ0n) is 14.7. The largest absolute Gasteiger partial charge is 0.394 e. The van der Waals surface area contributed by atoms with Gasteiger partial charge in [-0.05, 0) is 37.6 Å². The van der Waals surface area contributed by atoms with Gasteiger partial charge in [0.15, 0.2) is 0 Å². The molecule has 0 fully saturated rings. The van der Waals surface area contributed by atoms with Gasteiger partial charge in [-0.2, -0.15) is 4.98 Å². The van der Waals surface area contributed by atoms with E-state index in [2.05, 4.69) is 20.6 Å². The molecule has 3 aromatic rings. The molecule has 0 aliphatic heterocycles. The number of anilines is 3. The lowest BCUT2D eigenvalue weighted by atomic mass is 10.1. The van der Waals surface area contributed by atoms with Gasteiger partial charge in [-0.15, -0.1) is 0 Å². The van der Waals surface area contributed by atoms with E-state index in [1.54, 1.807) is 19.1 Å². The van der Waals surface area contributed by atoms with E-state index in [0.717, 1.165) is 16.9 Å². The first-order chi connectivity index (χ1) is 12.5. The Labute approximate surface area is 152 Å². The van der Waals surface area contributed by atoms with Gasteiger partial charge in [-0.3, -0.25) is 0 Å². The maximum Gasteiger partial charge on any atom is 0.225 e. The van der Waals surface area contributed by atoms with Crippen LogP contribution in [-0.2, 0) is 0 Å². The van der Waals surface area contributed by atoms with Crippen LogP contribution < -0.4 is 10.6 Å². The normalized spacial score (nSPS) is 11.8. The van der Waals surface area contributed by atoms with Crippen molar-refractivity contribution in [1.82, 2.24) is 9.97 Å². The summed E-state index contributed by atoms with van der Waals surface area (Å²) in [7, 11) is 0. The summed E-state index contributed by atoms with van der Waals surface area (Å²) in [5, 5.41) is 15.5. The molecule has 0 spiro atoms. The molecule has 0 bridgehead atoms. The second kappa shape index (κ2) is 7.93. The Kier molecular flexibility index (Phi) is 5.43. The molecule has 26 heavy (non-hydrogen) atoms. The van der Waals surface area contributed by atoms with Gasteiger partial charge in [0.1, 0.15) is 11.6 Å². The minimum absolute atomic E-state index is 0.0289. The Morgan fingerprint density at radius 1 is 1.08 bits per heavy atom. The minimum Gasteiger partial charge on any atom is -0.394 e. The van der Waals surface area contributed by atoms with Crippen LogP contribution in [-0.4, -0.2) is 27.7 Å². The molecule has 134 valence electrons. The highest BCUT2D eigenvalue weighted by Gasteiger charge is 2.10. The number of nitrogens with zero attached hydrogens (tertiary/aromatic N) is 2. The van der Waals surface area contributed by atoms with E-state index in [-0.39, 0.29) is 18.5 Å². The lowest BCUT2D eigenvalue weighted by molar-refractivity contribution is 0.281. The van der Waals surface area contributed by atoms with Gasteiger partial charge >= 0.3 is 0 Å². The molecule has 0 saturated carbocycles. The predicted molar refractivity (Wildman–Crippen MR) is 102 cm³/mol. The van der Waals surface area contributed by atoms with Crippen LogP contribution in [0.3, 0.4) is 0 Å². The number of aliphatic hydroxyl groups is 1. The number of rotatable bonds is 6. The van der Waals surface area contributed by atoms with E-state index in [9.17, 15) is 9.50 Å². The molecule has 6 heteroatoms. The number of aryl methyl sites for hydroxylation is 1. The highest BCUT2D eigenvalue weighted by Crippen LogP contribution is 2.24. The lowest BCUT2D eigenvalue weighted by Gasteiger charge is -2.14. The number of halogens is 1. The molecule has 1 aromatic heterocycles. The van der Waals surface area contributed by atoms with Crippen LogP contribution in [0, 0.1) is 12.7 Å². The highest BCUT2D eigenvalue weighted by atomic mass is 19.1. The molecule has 3 rings (SSSR count). The van der Waals surface area contributed by atoms with Gasteiger partial charge in [0.2, 0.25) is 5.95 Å². The van der Waals surface area contributed by atoms with Crippen LogP contribution in [0.25, 0.3) is 11.3 Å². The van der Waals surface area contributed by atoms with Crippen molar-refractivity contribution in [3.05, 3.63) is 66.0 Å². The summed E-state index contributed by atoms with van der Waals surface area (Å²) in [4.78, 5) is 8.99. The average Bonchev–Trinajstić information content (AvgIpc) is 2.65. The van der Waals surface area contributed by atoms with Crippen LogP contribution in [0.5, 0.6) is 0 Å². The number of aromatic nitrogens is 2. The first-order valence-electron chi connectivity index (χ1n) is 8.40. The third kappa shape index (κ3) is 4.34. The molecule has 0 radical (unpaired) electrons. The molecule has 1 atom stereocenters. The van der Waals surface area contributed by atoms with Crippen molar-refractivity contribution >= 4 is 17.5 Å². The van der Waals surface area contributed by atoms with E-state index in [4.69, 9.17) is 0 Å². The molecule has 1 heterocycles. The summed E-state index contributed by atoms with van der Waals surface area (Å²) < 4.78 is 13.5. The molecular formula is C20H21FN4O. The third-order valence-electron chi connectivity index (χ3n) is 3.88. The van der Waals surface area contributed by atoms with E-state index < -0.39 is 0 Å². The predicted octanol–water partition coefficient (Wildman–Crippen LogP) is 4.13. The van der Waals surface area contributed by atoms with Gasteiger partial charge in [0.05, 0.1) is 12.3 Å². The van der Waals surface area contributed by atoms with Crippen molar-refractivity contribution in [3.8, 4) is 11.3 Å². The van der Waals surface area contributed by atoms with Gasteiger partial charge in [0, 0.05) is 23.4 Å². The van der Waals surface area contributed by atoms with E-state index >= 15 is 0 Å². The Morgan fingerprint density at radius 2 is 1.85 bits per heavy atom. The third-order valence-corrected chi connectivity index (χ3v) is 3.88. The number of hydrogen-bond acceptors (Lipinski definition) is 5. The molecule has 0 unspecified atom stereocenters. The monoisotopic (exact) mass is 352 g/mol. The smallest absolute Gasteiger partial charge is 0.225 e. The molecule has 0 amide bonds. The summed E-state index contributed by atoms with van der Waals surface area (Å²) in [6.45, 7) is 3.53. The second-order valence-corrected chi connectivity index (χ2v) is 6.14. The van der Waals surface area contributed by atoms with Crippen molar-refractivity contribution < 1.29 is 9.50 Å². The lowest BCUT2D eigenvalue weighted by Crippen LogP contribution is -2.21. The zero-order chi connectivity index (χ0) is 18.5. The maximum absolute atomic E-state index is 13.5. The quantitative estimate of drug-likeness (QED) is 0.622. The van der Waals surface area contributed by atoms with Crippen molar-refractivity contribution in [2.75, 3.05) is 17.2 Å². The minimum atomic E-state index is -0.248. The van der Waals surface area contributed by atoms with Gasteiger partial charge < -0.3 is 15.7 Å². The average molecular weight is 352 g/mol. The van der Waals surface area contributed by atoms with Crippen LogP contribution >= 0.6 is 0 Å². The molecule has 0 aliphatic rings. The number of hydrogen-bond donors (Lipinski definition) is 3. The summed E-state index contributed by atoms with van der Waals surface area (Å²) in [6, 6.07) is 16.2. The fourth-order valence-corrected chi connectivity index (χ4v) is 2.47. The summed E-state index contributed by atoms with van der Waals surface area (Å²) >= 11 is 0. The van der Waals surface area contributed by atoms with E-state index in [1.165, 1.54) is 6.07 Å². The summed E-state index contributed by atoms with van der Waals surface area (Å²) in [5.41, 5.74) is 2.99. The Hall–Kier alpha value is -2.99. The van der Waals surface area contributed by atoms with Crippen LogP contribution in [0.2, 0.25) is 0 Å². The number of nitrogens with one attached hydrogen (secondary N) is 2. The SMILES string of the molecule is Cc1cc(Nc2cc(-c3ccccc3)nc(N[C@H](C)CO)n2)ccc1F. The van der Waals surface area contributed by atoms with Gasteiger partial charge in [0.25, 0.3) is 0 Å². The topological polar surface area (TPSA) is 70.1 Å². The first-order valence-corrected chi connectivity index (χ1v) is 8.40. The van der Waals surface area contributed by atoms with Crippen molar-refractivity contribution in [1.29, 1.82) is 0 Å². The van der Waals surface area contributed by atoms with Crippen molar-refractivity contribution in [2.24, 2.45) is 0 Å². The van der Waals surface area contributed by atoms with E-state index in [1.807, 2.05) is 43.3 Å². The molecule has 5 nitrogen and oxygen atoms in total. The standard InChI is InChI=1S/C20H21FN4O/c1-13-10-16(8-9-17(13)21)23-19-11-18(15-6-4-3-5-7-15)24-20(25-19)22-14(2)12-26/h3-11,14,26H,12H2,1-2H3,(H2,22,23,24,25)/t14-/m1/s1. The fraction of sp³-hybridized carbons (Fsp3) is 0.200. The maximum atomic E-state index is 13.5. The van der Waals surface area contributed by atoms with Crippen LogP contribution in [0.1, 0.15) is 12.5 Å². The van der Waals surface area contributed by atoms with Gasteiger partial charge in [-0.25, -0.2) is 9.37 Å². The Balaban J connectivity index is 1.97. The second-order valence-electron chi connectivity index (χ2n) is 6.14. The first kappa shape index (κ1) is 17.8. The molecule has 3 N–H and O–H groups in total. The Morgan fingerprint density at radius 3 is 2.54 bits per heavy atom. The highest BCUT2D eigenvalue weighted by molar-refractivity contribution is 5.67. The number of aliphatic hydroxyl groups excluding tert-OH is 1. The molecular weight excluding hydrogens is 331 g/mol.